The number of hydrogen-bond donors (Lipinski definition) is 2. The van der Waals surface area contributed by atoms with E-state index in [9.17, 15) is 9.59 Å². The highest BCUT2D eigenvalue weighted by Gasteiger charge is 2.09. The summed E-state index contributed by atoms with van der Waals surface area (Å²) in [5.41, 5.74) is 2.11. The molecule has 0 spiro atoms. The van der Waals surface area contributed by atoms with Crippen molar-refractivity contribution in [1.82, 2.24) is 0 Å². The van der Waals surface area contributed by atoms with Crippen LogP contribution in [0.3, 0.4) is 0 Å². The molecule has 0 heterocycles. The van der Waals surface area contributed by atoms with Crippen LogP contribution < -0.4 is 20.1 Å². The van der Waals surface area contributed by atoms with E-state index >= 15 is 0 Å². The van der Waals surface area contributed by atoms with Gasteiger partial charge < -0.3 is 20.1 Å². The summed E-state index contributed by atoms with van der Waals surface area (Å²) in [6.45, 7) is -0.162. The van der Waals surface area contributed by atoms with Gasteiger partial charge in [-0.1, -0.05) is 48.5 Å². The van der Waals surface area contributed by atoms with Gasteiger partial charge in [0.1, 0.15) is 0 Å². The Morgan fingerprint density at radius 3 is 2.07 bits per heavy atom. The molecule has 0 fully saturated rings. The minimum absolute atomic E-state index is 0.126. The second-order valence-corrected chi connectivity index (χ2v) is 6.28. The third kappa shape index (κ3) is 6.10. The van der Waals surface area contributed by atoms with Crippen molar-refractivity contribution in [1.29, 1.82) is 0 Å². The van der Waals surface area contributed by atoms with Gasteiger partial charge in [-0.25, -0.2) is 0 Å². The lowest BCUT2D eigenvalue weighted by atomic mass is 10.1. The Balaban J connectivity index is 1.53. The SMILES string of the molecule is COc1ccccc1OCC(=O)Nc1cccc(NC(=O)Cc2ccccc2)c1. The van der Waals surface area contributed by atoms with Crippen molar-refractivity contribution in [3.8, 4) is 11.5 Å². The van der Waals surface area contributed by atoms with E-state index in [4.69, 9.17) is 9.47 Å². The fourth-order valence-electron chi connectivity index (χ4n) is 2.74. The van der Waals surface area contributed by atoms with E-state index in [1.165, 1.54) is 0 Å². The topological polar surface area (TPSA) is 76.7 Å². The molecule has 0 radical (unpaired) electrons. The van der Waals surface area contributed by atoms with Crippen molar-refractivity contribution >= 4 is 23.2 Å². The fourth-order valence-corrected chi connectivity index (χ4v) is 2.74. The average Bonchev–Trinajstić information content (AvgIpc) is 2.73. The summed E-state index contributed by atoms with van der Waals surface area (Å²) in [5, 5.41) is 5.60. The zero-order valence-electron chi connectivity index (χ0n) is 16.1. The van der Waals surface area contributed by atoms with E-state index in [-0.39, 0.29) is 24.8 Å². The maximum atomic E-state index is 12.2. The Hall–Kier alpha value is -3.80. The average molecular weight is 390 g/mol. The van der Waals surface area contributed by atoms with Crippen LogP contribution in [0.1, 0.15) is 5.56 Å². The molecule has 2 N–H and O–H groups in total. The number of amides is 2. The number of carbonyl (C=O) groups excluding carboxylic acids is 2. The van der Waals surface area contributed by atoms with E-state index in [0.29, 0.717) is 22.9 Å². The highest BCUT2D eigenvalue weighted by Crippen LogP contribution is 2.25. The van der Waals surface area contributed by atoms with Gasteiger partial charge in [-0.2, -0.15) is 0 Å². The first-order chi connectivity index (χ1) is 14.1. The Bertz CT molecular complexity index is 973. The first kappa shape index (κ1) is 19.9. The van der Waals surface area contributed by atoms with Gasteiger partial charge in [0.05, 0.1) is 13.5 Å². The van der Waals surface area contributed by atoms with Crippen LogP contribution in [0.5, 0.6) is 11.5 Å². The van der Waals surface area contributed by atoms with Crippen molar-refractivity contribution in [2.75, 3.05) is 24.4 Å². The van der Waals surface area contributed by atoms with Crippen LogP contribution in [0.15, 0.2) is 78.9 Å². The molecular formula is C23H22N2O4. The second-order valence-electron chi connectivity index (χ2n) is 6.28. The Morgan fingerprint density at radius 2 is 1.38 bits per heavy atom. The maximum Gasteiger partial charge on any atom is 0.262 e. The van der Waals surface area contributed by atoms with E-state index < -0.39 is 0 Å². The molecule has 29 heavy (non-hydrogen) atoms. The van der Waals surface area contributed by atoms with Gasteiger partial charge in [0.15, 0.2) is 18.1 Å². The molecule has 0 bridgehead atoms. The Labute approximate surface area is 169 Å². The highest BCUT2D eigenvalue weighted by molar-refractivity contribution is 5.95. The molecule has 0 aliphatic heterocycles. The molecule has 3 aromatic rings. The van der Waals surface area contributed by atoms with Crippen LogP contribution in [-0.4, -0.2) is 25.5 Å². The standard InChI is InChI=1S/C23H22N2O4/c1-28-20-12-5-6-13-21(20)29-16-23(27)25-19-11-7-10-18(15-19)24-22(26)14-17-8-3-2-4-9-17/h2-13,15H,14,16H2,1H3,(H,24,26)(H,25,27). The summed E-state index contributed by atoms with van der Waals surface area (Å²) in [5.74, 6) is 0.610. The lowest BCUT2D eigenvalue weighted by molar-refractivity contribution is -0.118. The third-order valence-electron chi connectivity index (χ3n) is 4.07. The van der Waals surface area contributed by atoms with Crippen molar-refractivity contribution in [3.05, 3.63) is 84.4 Å². The molecule has 0 atom stereocenters. The zero-order chi connectivity index (χ0) is 20.5. The van der Waals surface area contributed by atoms with Crippen molar-refractivity contribution < 1.29 is 19.1 Å². The summed E-state index contributed by atoms with van der Waals surface area (Å²) in [7, 11) is 1.54. The Morgan fingerprint density at radius 1 is 0.759 bits per heavy atom. The second kappa shape index (κ2) is 9.94. The van der Waals surface area contributed by atoms with Gasteiger partial charge in [0.2, 0.25) is 5.91 Å². The Kier molecular flexibility index (Phi) is 6.84. The number of methoxy groups -OCH3 is 1. The van der Waals surface area contributed by atoms with Crippen LogP contribution in [0.4, 0.5) is 11.4 Å². The molecule has 0 saturated heterocycles. The van der Waals surface area contributed by atoms with Gasteiger partial charge in [0.25, 0.3) is 5.91 Å². The molecular weight excluding hydrogens is 368 g/mol. The number of ether oxygens (including phenoxy) is 2. The smallest absolute Gasteiger partial charge is 0.262 e. The van der Waals surface area contributed by atoms with Crippen LogP contribution in [-0.2, 0) is 16.0 Å². The molecule has 0 aliphatic rings. The molecule has 0 unspecified atom stereocenters. The number of benzene rings is 3. The highest BCUT2D eigenvalue weighted by atomic mass is 16.5. The van der Waals surface area contributed by atoms with Crippen LogP contribution in [0, 0.1) is 0 Å². The summed E-state index contributed by atoms with van der Waals surface area (Å²) in [4.78, 5) is 24.4. The monoisotopic (exact) mass is 390 g/mol. The van der Waals surface area contributed by atoms with Crippen molar-refractivity contribution in [2.45, 2.75) is 6.42 Å². The number of carbonyl (C=O) groups is 2. The first-order valence-corrected chi connectivity index (χ1v) is 9.13. The van der Waals surface area contributed by atoms with Gasteiger partial charge >= 0.3 is 0 Å². The number of rotatable bonds is 8. The number of nitrogens with one attached hydrogen (secondary N) is 2. The fraction of sp³-hybridized carbons (Fsp3) is 0.130. The molecule has 0 aliphatic carbocycles. The van der Waals surface area contributed by atoms with Gasteiger partial charge in [0, 0.05) is 11.4 Å². The summed E-state index contributed by atoms with van der Waals surface area (Å²) in [6, 6.07) is 23.6. The van der Waals surface area contributed by atoms with E-state index in [1.807, 2.05) is 36.4 Å². The quantitative estimate of drug-likeness (QED) is 0.612. The van der Waals surface area contributed by atoms with Crippen LogP contribution in [0.25, 0.3) is 0 Å². The maximum absolute atomic E-state index is 12.2. The molecule has 3 aromatic carbocycles. The number of para-hydroxylation sites is 2. The predicted octanol–water partition coefficient (Wildman–Crippen LogP) is 3.89. The third-order valence-corrected chi connectivity index (χ3v) is 4.07. The molecule has 148 valence electrons. The van der Waals surface area contributed by atoms with E-state index in [1.54, 1.807) is 49.6 Å². The lowest BCUT2D eigenvalue weighted by Gasteiger charge is -2.11. The van der Waals surface area contributed by atoms with Gasteiger partial charge in [-0.15, -0.1) is 0 Å². The molecule has 3 rings (SSSR count). The van der Waals surface area contributed by atoms with Gasteiger partial charge in [-0.05, 0) is 35.9 Å². The predicted molar refractivity (Wildman–Crippen MR) is 112 cm³/mol. The summed E-state index contributed by atoms with van der Waals surface area (Å²) < 4.78 is 10.7. The van der Waals surface area contributed by atoms with Crippen LogP contribution >= 0.6 is 0 Å². The van der Waals surface area contributed by atoms with Crippen LogP contribution in [0.2, 0.25) is 0 Å². The largest absolute Gasteiger partial charge is 0.493 e. The van der Waals surface area contributed by atoms with E-state index in [2.05, 4.69) is 10.6 Å². The molecule has 0 saturated carbocycles. The zero-order valence-corrected chi connectivity index (χ0v) is 16.1. The minimum Gasteiger partial charge on any atom is -0.493 e. The molecule has 2 amide bonds. The molecule has 6 nitrogen and oxygen atoms in total. The normalized spacial score (nSPS) is 10.1. The number of hydrogen-bond acceptors (Lipinski definition) is 4. The number of anilines is 2. The summed E-state index contributed by atoms with van der Waals surface area (Å²) in [6.07, 6.45) is 0.282. The molecule has 6 heteroatoms. The summed E-state index contributed by atoms with van der Waals surface area (Å²) >= 11 is 0. The van der Waals surface area contributed by atoms with Gasteiger partial charge in [-0.3, -0.25) is 9.59 Å². The molecule has 0 aromatic heterocycles. The first-order valence-electron chi connectivity index (χ1n) is 9.13. The van der Waals surface area contributed by atoms with Crippen molar-refractivity contribution in [2.24, 2.45) is 0 Å². The minimum atomic E-state index is -0.316. The van der Waals surface area contributed by atoms with E-state index in [0.717, 1.165) is 5.56 Å². The lowest BCUT2D eigenvalue weighted by Crippen LogP contribution is -2.20. The van der Waals surface area contributed by atoms with Crippen molar-refractivity contribution in [3.63, 3.8) is 0 Å².